The zero-order valence-electron chi connectivity index (χ0n) is 15.6. The van der Waals surface area contributed by atoms with Crippen molar-refractivity contribution in [2.75, 3.05) is 20.1 Å². The molecule has 7 heteroatoms. The molecule has 2 saturated heterocycles. The first kappa shape index (κ1) is 18.4. The second-order valence-corrected chi connectivity index (χ2v) is 7.89. The van der Waals surface area contributed by atoms with Gasteiger partial charge in [-0.15, -0.1) is 0 Å². The van der Waals surface area contributed by atoms with E-state index in [4.69, 9.17) is 9.31 Å². The van der Waals surface area contributed by atoms with Crippen molar-refractivity contribution in [1.29, 1.82) is 0 Å². The number of amides is 1. The Bertz CT molecular complexity index is 658. The number of hydrogen-bond donors (Lipinski definition) is 1. The molecular formula is C18H26BFN2O3. The van der Waals surface area contributed by atoms with Crippen LogP contribution < -0.4 is 10.8 Å². The van der Waals surface area contributed by atoms with E-state index in [-0.39, 0.29) is 17.4 Å². The molecular weight excluding hydrogens is 322 g/mol. The molecule has 1 aromatic rings. The van der Waals surface area contributed by atoms with Gasteiger partial charge in [-0.1, -0.05) is 0 Å². The van der Waals surface area contributed by atoms with Crippen LogP contribution in [0.25, 0.3) is 0 Å². The largest absolute Gasteiger partial charge is 0.497 e. The van der Waals surface area contributed by atoms with Gasteiger partial charge in [0.25, 0.3) is 5.91 Å². The molecule has 2 fully saturated rings. The third kappa shape index (κ3) is 3.33. The number of nitrogens with one attached hydrogen (secondary N) is 1. The Hall–Kier alpha value is -1.44. The van der Waals surface area contributed by atoms with Gasteiger partial charge in [0.1, 0.15) is 5.82 Å². The Morgan fingerprint density at radius 2 is 1.92 bits per heavy atom. The number of benzene rings is 1. The number of likely N-dealkylation sites (N-methyl/N-ethyl adjacent to an activating group) is 1. The second kappa shape index (κ2) is 6.38. The van der Waals surface area contributed by atoms with Crippen LogP contribution in [0.3, 0.4) is 0 Å². The van der Waals surface area contributed by atoms with E-state index in [2.05, 4.69) is 5.32 Å². The number of carbonyl (C=O) groups is 1. The Kier molecular flexibility index (Phi) is 4.68. The Balaban J connectivity index is 1.85. The van der Waals surface area contributed by atoms with Crippen LogP contribution in [-0.2, 0) is 9.31 Å². The fourth-order valence-corrected chi connectivity index (χ4v) is 3.17. The smallest absolute Gasteiger partial charge is 0.399 e. The highest BCUT2D eigenvalue weighted by atomic mass is 19.1. The van der Waals surface area contributed by atoms with E-state index in [0.717, 1.165) is 19.5 Å². The van der Waals surface area contributed by atoms with E-state index in [1.807, 2.05) is 27.7 Å². The summed E-state index contributed by atoms with van der Waals surface area (Å²) < 4.78 is 26.3. The minimum absolute atomic E-state index is 0.119. The normalized spacial score (nSPS) is 24.6. The van der Waals surface area contributed by atoms with Gasteiger partial charge in [-0.2, -0.15) is 0 Å². The average Bonchev–Trinajstić information content (AvgIpc) is 3.13. The highest BCUT2D eigenvalue weighted by Crippen LogP contribution is 2.36. The van der Waals surface area contributed by atoms with Crippen molar-refractivity contribution in [2.24, 2.45) is 0 Å². The van der Waals surface area contributed by atoms with Crippen LogP contribution >= 0.6 is 0 Å². The van der Waals surface area contributed by atoms with E-state index >= 15 is 0 Å². The highest BCUT2D eigenvalue weighted by Gasteiger charge is 2.52. The molecule has 1 atom stereocenters. The molecule has 3 rings (SSSR count). The molecule has 0 spiro atoms. The fourth-order valence-electron chi connectivity index (χ4n) is 3.17. The van der Waals surface area contributed by atoms with Gasteiger partial charge in [0, 0.05) is 30.7 Å². The molecule has 0 bridgehead atoms. The van der Waals surface area contributed by atoms with Gasteiger partial charge in [0.15, 0.2) is 0 Å². The Morgan fingerprint density at radius 3 is 2.48 bits per heavy atom. The molecule has 25 heavy (non-hydrogen) atoms. The van der Waals surface area contributed by atoms with E-state index in [0.29, 0.717) is 5.56 Å². The molecule has 2 aliphatic rings. The SMILES string of the molecule is CN(C(=O)c1ccc(F)c(B2OC(C)(C)C(C)(C)O2)c1)[C@@H]1CCNC1. The van der Waals surface area contributed by atoms with Crippen LogP contribution in [0, 0.1) is 5.82 Å². The summed E-state index contributed by atoms with van der Waals surface area (Å²) in [5.41, 5.74) is -0.407. The predicted molar refractivity (Wildman–Crippen MR) is 95.5 cm³/mol. The summed E-state index contributed by atoms with van der Waals surface area (Å²) in [5.74, 6) is -0.549. The summed E-state index contributed by atoms with van der Waals surface area (Å²) in [6.07, 6.45) is 0.924. The first-order valence-corrected chi connectivity index (χ1v) is 8.75. The van der Waals surface area contributed by atoms with Crippen LogP contribution in [0.5, 0.6) is 0 Å². The van der Waals surface area contributed by atoms with Gasteiger partial charge in [0.2, 0.25) is 0 Å². The second-order valence-electron chi connectivity index (χ2n) is 7.89. The van der Waals surface area contributed by atoms with Crippen molar-refractivity contribution in [3.63, 3.8) is 0 Å². The van der Waals surface area contributed by atoms with Crippen LogP contribution in [0.15, 0.2) is 18.2 Å². The molecule has 0 radical (unpaired) electrons. The van der Waals surface area contributed by atoms with Crippen molar-refractivity contribution < 1.29 is 18.5 Å². The predicted octanol–water partition coefficient (Wildman–Crippen LogP) is 1.56. The number of nitrogens with zero attached hydrogens (tertiary/aromatic N) is 1. The molecule has 0 saturated carbocycles. The van der Waals surface area contributed by atoms with Crippen LogP contribution in [-0.4, -0.2) is 55.3 Å². The molecule has 2 aliphatic heterocycles. The topological polar surface area (TPSA) is 50.8 Å². The van der Waals surface area contributed by atoms with Crippen molar-refractivity contribution in [1.82, 2.24) is 10.2 Å². The lowest BCUT2D eigenvalue weighted by atomic mass is 9.78. The molecule has 1 N–H and O–H groups in total. The molecule has 2 heterocycles. The van der Waals surface area contributed by atoms with Crippen LogP contribution in [0.4, 0.5) is 4.39 Å². The number of rotatable bonds is 3. The molecule has 1 aromatic carbocycles. The molecule has 1 amide bonds. The first-order valence-electron chi connectivity index (χ1n) is 8.75. The molecule has 5 nitrogen and oxygen atoms in total. The first-order chi connectivity index (χ1) is 11.6. The monoisotopic (exact) mass is 348 g/mol. The third-order valence-electron chi connectivity index (χ3n) is 5.65. The molecule has 0 unspecified atom stereocenters. The number of halogens is 1. The van der Waals surface area contributed by atoms with Crippen molar-refractivity contribution in [3.05, 3.63) is 29.6 Å². The quantitative estimate of drug-likeness (QED) is 0.843. The van der Waals surface area contributed by atoms with E-state index in [1.54, 1.807) is 18.0 Å². The number of carbonyl (C=O) groups excluding carboxylic acids is 1. The van der Waals surface area contributed by atoms with Crippen molar-refractivity contribution in [2.45, 2.75) is 51.4 Å². The molecule has 136 valence electrons. The Morgan fingerprint density at radius 1 is 1.28 bits per heavy atom. The minimum atomic E-state index is -0.823. The van der Waals surface area contributed by atoms with Gasteiger partial charge in [-0.25, -0.2) is 4.39 Å². The van der Waals surface area contributed by atoms with Crippen LogP contribution in [0.1, 0.15) is 44.5 Å². The van der Waals surface area contributed by atoms with Gasteiger partial charge < -0.3 is 19.5 Å². The van der Waals surface area contributed by atoms with Crippen molar-refractivity contribution >= 4 is 18.5 Å². The average molecular weight is 348 g/mol. The summed E-state index contributed by atoms with van der Waals surface area (Å²) in [5, 5.41) is 3.25. The van der Waals surface area contributed by atoms with E-state index < -0.39 is 24.1 Å². The molecule has 0 aliphatic carbocycles. The maximum absolute atomic E-state index is 14.4. The van der Waals surface area contributed by atoms with Gasteiger partial charge in [-0.3, -0.25) is 4.79 Å². The maximum atomic E-state index is 14.4. The van der Waals surface area contributed by atoms with E-state index in [1.165, 1.54) is 12.1 Å². The van der Waals surface area contributed by atoms with Gasteiger partial charge in [-0.05, 0) is 58.9 Å². The zero-order valence-corrected chi connectivity index (χ0v) is 15.6. The van der Waals surface area contributed by atoms with Crippen LogP contribution in [0.2, 0.25) is 0 Å². The molecule has 0 aromatic heterocycles. The van der Waals surface area contributed by atoms with Crippen molar-refractivity contribution in [3.8, 4) is 0 Å². The highest BCUT2D eigenvalue weighted by molar-refractivity contribution is 6.62. The summed E-state index contributed by atoms with van der Waals surface area (Å²) in [6.45, 7) is 9.36. The van der Waals surface area contributed by atoms with Gasteiger partial charge in [0.05, 0.1) is 11.2 Å². The Labute approximate surface area is 149 Å². The number of hydrogen-bond acceptors (Lipinski definition) is 4. The zero-order chi connectivity index (χ0) is 18.4. The lowest BCUT2D eigenvalue weighted by molar-refractivity contribution is 0.00578. The lowest BCUT2D eigenvalue weighted by Crippen LogP contribution is -2.41. The summed E-state index contributed by atoms with van der Waals surface area (Å²) >= 11 is 0. The minimum Gasteiger partial charge on any atom is -0.399 e. The lowest BCUT2D eigenvalue weighted by Gasteiger charge is -2.32. The summed E-state index contributed by atoms with van der Waals surface area (Å²) in [7, 11) is 0.967. The standard InChI is InChI=1S/C18H26BFN2O3/c1-17(2)18(3,4)25-19(24-17)14-10-12(6-7-15(14)20)16(23)22(5)13-8-9-21-11-13/h6-7,10,13,21H,8-9,11H2,1-5H3/t13-/m1/s1. The fraction of sp³-hybridized carbons (Fsp3) is 0.611. The third-order valence-corrected chi connectivity index (χ3v) is 5.65. The summed E-state index contributed by atoms with van der Waals surface area (Å²) in [6, 6.07) is 4.55. The van der Waals surface area contributed by atoms with E-state index in [9.17, 15) is 9.18 Å². The summed E-state index contributed by atoms with van der Waals surface area (Å²) in [4.78, 5) is 14.5. The maximum Gasteiger partial charge on any atom is 0.497 e. The van der Waals surface area contributed by atoms with Gasteiger partial charge >= 0.3 is 7.12 Å².